The Balaban J connectivity index is 2.92. The first-order valence-corrected chi connectivity index (χ1v) is 5.56. The van der Waals surface area contributed by atoms with Crippen LogP contribution in [0.2, 0.25) is 5.02 Å². The van der Waals surface area contributed by atoms with Crippen molar-refractivity contribution < 1.29 is 4.39 Å². The molecule has 16 heavy (non-hydrogen) atoms. The molecule has 0 fully saturated rings. The summed E-state index contributed by atoms with van der Waals surface area (Å²) in [7, 11) is 0. The number of nitriles is 1. The maximum absolute atomic E-state index is 13.6. The van der Waals surface area contributed by atoms with Crippen molar-refractivity contribution in [2.45, 2.75) is 32.4 Å². The van der Waals surface area contributed by atoms with Gasteiger partial charge in [-0.25, -0.2) is 4.39 Å². The van der Waals surface area contributed by atoms with Crippen LogP contribution < -0.4 is 5.32 Å². The van der Waals surface area contributed by atoms with E-state index in [9.17, 15) is 4.39 Å². The van der Waals surface area contributed by atoms with Crippen molar-refractivity contribution in [1.29, 1.82) is 5.26 Å². The topological polar surface area (TPSA) is 35.8 Å². The molecule has 2 atom stereocenters. The molecular weight excluding hydrogens is 227 g/mol. The van der Waals surface area contributed by atoms with Crippen LogP contribution in [0.4, 0.5) is 4.39 Å². The second-order valence-corrected chi connectivity index (χ2v) is 4.14. The Morgan fingerprint density at radius 3 is 2.75 bits per heavy atom. The highest BCUT2D eigenvalue weighted by atomic mass is 35.5. The molecule has 0 radical (unpaired) electrons. The second kappa shape index (κ2) is 5.83. The van der Waals surface area contributed by atoms with E-state index in [2.05, 4.69) is 5.32 Å². The Kier molecular flexibility index (Phi) is 4.72. The average Bonchev–Trinajstić information content (AvgIpc) is 2.26. The van der Waals surface area contributed by atoms with Crippen molar-refractivity contribution in [1.82, 2.24) is 5.32 Å². The van der Waals surface area contributed by atoms with Crippen molar-refractivity contribution in [2.24, 2.45) is 0 Å². The highest BCUT2D eigenvalue weighted by Crippen LogP contribution is 2.21. The molecular formula is C12H14ClFN2. The van der Waals surface area contributed by atoms with E-state index >= 15 is 0 Å². The zero-order valence-corrected chi connectivity index (χ0v) is 10.1. The van der Waals surface area contributed by atoms with Gasteiger partial charge in [0, 0.05) is 16.6 Å². The second-order valence-electron chi connectivity index (χ2n) is 3.70. The summed E-state index contributed by atoms with van der Waals surface area (Å²) < 4.78 is 13.6. The highest BCUT2D eigenvalue weighted by Gasteiger charge is 2.16. The van der Waals surface area contributed by atoms with Gasteiger partial charge in [-0.1, -0.05) is 24.6 Å². The third-order valence-corrected chi connectivity index (χ3v) is 2.70. The van der Waals surface area contributed by atoms with Crippen molar-refractivity contribution in [3.63, 3.8) is 0 Å². The lowest BCUT2D eigenvalue weighted by Gasteiger charge is -2.17. The van der Waals surface area contributed by atoms with Gasteiger partial charge in [-0.2, -0.15) is 5.26 Å². The molecule has 1 aromatic rings. The van der Waals surface area contributed by atoms with Crippen LogP contribution in [0.1, 0.15) is 31.9 Å². The summed E-state index contributed by atoms with van der Waals surface area (Å²) in [5.74, 6) is -0.449. The van der Waals surface area contributed by atoms with Gasteiger partial charge in [-0.05, 0) is 25.5 Å². The lowest BCUT2D eigenvalue weighted by molar-refractivity contribution is 0.485. The number of halogens is 2. The van der Waals surface area contributed by atoms with E-state index in [4.69, 9.17) is 16.9 Å². The quantitative estimate of drug-likeness (QED) is 0.875. The zero-order chi connectivity index (χ0) is 12.1. The minimum absolute atomic E-state index is 0.166. The van der Waals surface area contributed by atoms with E-state index in [1.807, 2.05) is 19.9 Å². The lowest BCUT2D eigenvalue weighted by Crippen LogP contribution is -2.29. The maximum atomic E-state index is 13.6. The van der Waals surface area contributed by atoms with Crippen LogP contribution in [-0.4, -0.2) is 6.04 Å². The van der Waals surface area contributed by atoms with Gasteiger partial charge in [0.2, 0.25) is 0 Å². The number of benzene rings is 1. The fourth-order valence-electron chi connectivity index (χ4n) is 1.33. The predicted molar refractivity (Wildman–Crippen MR) is 62.7 cm³/mol. The Labute approximate surface area is 100 Å². The molecule has 0 saturated heterocycles. The Morgan fingerprint density at radius 1 is 1.56 bits per heavy atom. The molecule has 2 unspecified atom stereocenters. The molecule has 4 heteroatoms. The molecule has 0 heterocycles. The third kappa shape index (κ3) is 3.19. The number of nitrogens with zero attached hydrogens (tertiary/aromatic N) is 1. The fourth-order valence-corrected chi connectivity index (χ4v) is 1.49. The number of nitrogens with one attached hydrogen (secondary N) is 1. The molecule has 0 aliphatic rings. The smallest absolute Gasteiger partial charge is 0.130 e. The molecule has 0 aliphatic heterocycles. The third-order valence-electron chi connectivity index (χ3n) is 2.47. The molecule has 0 spiro atoms. The Hall–Kier alpha value is -1.11. The molecule has 1 aromatic carbocycles. The van der Waals surface area contributed by atoms with Crippen LogP contribution in [0.5, 0.6) is 0 Å². The summed E-state index contributed by atoms with van der Waals surface area (Å²) in [6, 6.07) is 5.93. The summed E-state index contributed by atoms with van der Waals surface area (Å²) in [6.45, 7) is 3.96. The lowest BCUT2D eigenvalue weighted by atomic mass is 10.1. The van der Waals surface area contributed by atoms with Gasteiger partial charge >= 0.3 is 0 Å². The summed E-state index contributed by atoms with van der Waals surface area (Å²) >= 11 is 5.65. The molecule has 0 aromatic heterocycles. The van der Waals surface area contributed by atoms with Gasteiger partial charge in [0.1, 0.15) is 11.9 Å². The van der Waals surface area contributed by atoms with Crippen LogP contribution in [0, 0.1) is 17.1 Å². The van der Waals surface area contributed by atoms with E-state index in [0.717, 1.165) is 6.42 Å². The highest BCUT2D eigenvalue weighted by molar-refractivity contribution is 6.30. The molecule has 0 saturated carbocycles. The van der Waals surface area contributed by atoms with Crippen molar-refractivity contribution in [2.75, 3.05) is 0 Å². The summed E-state index contributed by atoms with van der Waals surface area (Å²) in [4.78, 5) is 0. The average molecular weight is 241 g/mol. The first-order chi connectivity index (χ1) is 7.58. The molecule has 1 N–H and O–H groups in total. The van der Waals surface area contributed by atoms with Gasteiger partial charge in [0.25, 0.3) is 0 Å². The van der Waals surface area contributed by atoms with Crippen molar-refractivity contribution in [3.05, 3.63) is 34.6 Å². The summed E-state index contributed by atoms with van der Waals surface area (Å²) in [6.07, 6.45) is 0.882. The molecule has 2 nitrogen and oxygen atoms in total. The normalized spacial score (nSPS) is 14.2. The first-order valence-electron chi connectivity index (χ1n) is 5.19. The van der Waals surface area contributed by atoms with Gasteiger partial charge in [-0.15, -0.1) is 0 Å². The fraction of sp³-hybridized carbons (Fsp3) is 0.417. The van der Waals surface area contributed by atoms with Gasteiger partial charge in [0.15, 0.2) is 0 Å². The van der Waals surface area contributed by atoms with Crippen LogP contribution >= 0.6 is 11.6 Å². The van der Waals surface area contributed by atoms with E-state index in [-0.39, 0.29) is 6.04 Å². The van der Waals surface area contributed by atoms with Crippen molar-refractivity contribution >= 4 is 11.6 Å². The summed E-state index contributed by atoms with van der Waals surface area (Å²) in [5, 5.41) is 12.4. The first kappa shape index (κ1) is 13.0. The van der Waals surface area contributed by atoms with Crippen LogP contribution in [0.15, 0.2) is 18.2 Å². The van der Waals surface area contributed by atoms with E-state index in [0.29, 0.717) is 10.6 Å². The Bertz CT molecular complexity index is 400. The van der Waals surface area contributed by atoms with Crippen molar-refractivity contribution in [3.8, 4) is 6.07 Å². The molecule has 0 aliphatic carbocycles. The molecule has 1 rings (SSSR count). The zero-order valence-electron chi connectivity index (χ0n) is 9.30. The molecule has 0 amide bonds. The minimum Gasteiger partial charge on any atom is -0.296 e. The SMILES string of the molecule is CCC(C)NC(C#N)c1ccc(Cl)cc1F. The Morgan fingerprint density at radius 2 is 2.25 bits per heavy atom. The number of hydrogen-bond donors (Lipinski definition) is 1. The number of rotatable bonds is 4. The molecule has 86 valence electrons. The van der Waals surface area contributed by atoms with Gasteiger partial charge in [0.05, 0.1) is 6.07 Å². The van der Waals surface area contributed by atoms with E-state index in [1.165, 1.54) is 6.07 Å². The van der Waals surface area contributed by atoms with Crippen LogP contribution in [0.3, 0.4) is 0 Å². The minimum atomic E-state index is -0.632. The summed E-state index contributed by atoms with van der Waals surface area (Å²) in [5.41, 5.74) is 0.340. The van der Waals surface area contributed by atoms with Crippen LogP contribution in [-0.2, 0) is 0 Å². The van der Waals surface area contributed by atoms with E-state index in [1.54, 1.807) is 12.1 Å². The van der Waals surface area contributed by atoms with Crippen LogP contribution in [0.25, 0.3) is 0 Å². The van der Waals surface area contributed by atoms with E-state index < -0.39 is 11.9 Å². The standard InChI is InChI=1S/C12H14ClFN2/c1-3-8(2)16-12(7-15)10-5-4-9(13)6-11(10)14/h4-6,8,12,16H,3H2,1-2H3. The van der Waals surface area contributed by atoms with Gasteiger partial charge in [-0.3, -0.25) is 5.32 Å². The maximum Gasteiger partial charge on any atom is 0.130 e. The largest absolute Gasteiger partial charge is 0.296 e. The molecule has 0 bridgehead atoms. The predicted octanol–water partition coefficient (Wildman–Crippen LogP) is 3.43. The monoisotopic (exact) mass is 240 g/mol. The van der Waals surface area contributed by atoms with Gasteiger partial charge < -0.3 is 0 Å². The number of hydrogen-bond acceptors (Lipinski definition) is 2.